The second kappa shape index (κ2) is 7.75. The van der Waals surface area contributed by atoms with Crippen LogP contribution in [0.4, 0.5) is 0 Å². The Hall–Kier alpha value is -2.66. The maximum absolute atomic E-state index is 5.74. The monoisotopic (exact) mass is 322 g/mol. The van der Waals surface area contributed by atoms with E-state index in [9.17, 15) is 0 Å². The smallest absolute Gasteiger partial charge is 0.218 e. The van der Waals surface area contributed by atoms with Crippen molar-refractivity contribution in [2.75, 3.05) is 13.2 Å². The Morgan fingerprint density at radius 2 is 2.25 bits per heavy atom. The molecule has 0 saturated heterocycles. The summed E-state index contributed by atoms with van der Waals surface area (Å²) in [5.74, 6) is 0.668. The molecule has 0 fully saturated rings. The molecule has 24 heavy (non-hydrogen) atoms. The minimum Gasteiger partial charge on any atom is -0.473 e. The summed E-state index contributed by atoms with van der Waals surface area (Å²) in [6.45, 7) is 8.68. The molecule has 5 nitrogen and oxygen atoms in total. The minimum absolute atomic E-state index is 0.451. The first-order chi connectivity index (χ1) is 11.8. The summed E-state index contributed by atoms with van der Waals surface area (Å²) in [6.07, 6.45) is 7.30. The summed E-state index contributed by atoms with van der Waals surface area (Å²) < 4.78 is 7.79. The molecular weight excluding hydrogens is 300 g/mol. The van der Waals surface area contributed by atoms with E-state index in [1.165, 1.54) is 5.56 Å². The lowest BCUT2D eigenvalue weighted by molar-refractivity contribution is 0.344. The zero-order valence-electron chi connectivity index (χ0n) is 13.9. The first-order valence-electron chi connectivity index (χ1n) is 8.06. The van der Waals surface area contributed by atoms with Crippen molar-refractivity contribution in [3.63, 3.8) is 0 Å². The highest BCUT2D eigenvalue weighted by Crippen LogP contribution is 2.23. The molecule has 5 heteroatoms. The predicted molar refractivity (Wildman–Crippen MR) is 96.1 cm³/mol. The zero-order chi connectivity index (χ0) is 16.8. The normalized spacial score (nSPS) is 10.9. The number of hydrogen-bond donors (Lipinski definition) is 1. The van der Waals surface area contributed by atoms with Crippen molar-refractivity contribution in [3.8, 4) is 5.88 Å². The third-order valence-corrected chi connectivity index (χ3v) is 3.77. The van der Waals surface area contributed by atoms with E-state index in [0.717, 1.165) is 29.6 Å². The summed E-state index contributed by atoms with van der Waals surface area (Å²) in [5, 5.41) is 4.57. The maximum Gasteiger partial charge on any atom is 0.218 e. The number of aromatic nitrogens is 3. The van der Waals surface area contributed by atoms with Gasteiger partial charge in [-0.3, -0.25) is 0 Å². The lowest BCUT2D eigenvalue weighted by Crippen LogP contribution is -2.19. The van der Waals surface area contributed by atoms with E-state index in [4.69, 9.17) is 4.74 Å². The van der Waals surface area contributed by atoms with Crippen LogP contribution in [0.5, 0.6) is 5.88 Å². The van der Waals surface area contributed by atoms with Crippen molar-refractivity contribution in [2.24, 2.45) is 0 Å². The molecule has 1 N–H and O–H groups in total. The highest BCUT2D eigenvalue weighted by Gasteiger charge is 2.08. The molecule has 0 aliphatic heterocycles. The lowest BCUT2D eigenvalue weighted by atomic mass is 10.1. The summed E-state index contributed by atoms with van der Waals surface area (Å²) in [7, 11) is 0. The highest BCUT2D eigenvalue weighted by atomic mass is 16.5. The number of ether oxygens (including phenoxy) is 1. The molecule has 0 unspecified atom stereocenters. The second-order valence-electron chi connectivity index (χ2n) is 5.73. The van der Waals surface area contributed by atoms with Crippen molar-refractivity contribution < 1.29 is 4.74 Å². The Kier molecular flexibility index (Phi) is 5.23. The maximum atomic E-state index is 5.74. The number of hydrogen-bond acceptors (Lipinski definition) is 4. The van der Waals surface area contributed by atoms with E-state index in [1.807, 2.05) is 23.2 Å². The molecule has 3 rings (SSSR count). The van der Waals surface area contributed by atoms with Gasteiger partial charge in [0.1, 0.15) is 6.61 Å². The van der Waals surface area contributed by atoms with E-state index in [2.05, 4.69) is 47.0 Å². The first kappa shape index (κ1) is 16.2. The molecule has 124 valence electrons. The third kappa shape index (κ3) is 4.00. The molecular formula is C19H22N4O. The molecule has 0 spiro atoms. The Labute approximate surface area is 142 Å². The number of nitrogens with one attached hydrogen (secondary N) is 1. The van der Waals surface area contributed by atoms with Gasteiger partial charge in [-0.25, -0.2) is 9.97 Å². The number of imidazole rings is 1. The van der Waals surface area contributed by atoms with Crippen molar-refractivity contribution in [1.82, 2.24) is 19.9 Å². The SMILES string of the molecule is C=CCOc1nc2ccc(C)cc2cc1CNCCn1ccnc1. The summed E-state index contributed by atoms with van der Waals surface area (Å²) >= 11 is 0. The van der Waals surface area contributed by atoms with Gasteiger partial charge in [0, 0.05) is 43.0 Å². The van der Waals surface area contributed by atoms with Crippen LogP contribution in [0.2, 0.25) is 0 Å². The van der Waals surface area contributed by atoms with E-state index < -0.39 is 0 Å². The van der Waals surface area contributed by atoms with Crippen LogP contribution in [-0.2, 0) is 13.1 Å². The summed E-state index contributed by atoms with van der Waals surface area (Å²) in [4.78, 5) is 8.70. The largest absolute Gasteiger partial charge is 0.473 e. The van der Waals surface area contributed by atoms with Crippen molar-refractivity contribution in [3.05, 3.63) is 66.8 Å². The van der Waals surface area contributed by atoms with Gasteiger partial charge in [-0.05, 0) is 25.1 Å². The number of fused-ring (bicyclic) bond motifs is 1. The molecule has 0 amide bonds. The average molecular weight is 322 g/mol. The van der Waals surface area contributed by atoms with Crippen molar-refractivity contribution >= 4 is 10.9 Å². The van der Waals surface area contributed by atoms with Gasteiger partial charge in [0.25, 0.3) is 0 Å². The van der Waals surface area contributed by atoms with Gasteiger partial charge in [0.2, 0.25) is 5.88 Å². The van der Waals surface area contributed by atoms with Crippen LogP contribution in [0.15, 0.2) is 55.6 Å². The van der Waals surface area contributed by atoms with Gasteiger partial charge >= 0.3 is 0 Å². The van der Waals surface area contributed by atoms with E-state index >= 15 is 0 Å². The van der Waals surface area contributed by atoms with Crippen LogP contribution in [-0.4, -0.2) is 27.7 Å². The van der Waals surface area contributed by atoms with Gasteiger partial charge in [-0.15, -0.1) is 0 Å². The lowest BCUT2D eigenvalue weighted by Gasteiger charge is -2.12. The Morgan fingerprint density at radius 1 is 1.33 bits per heavy atom. The Morgan fingerprint density at radius 3 is 3.04 bits per heavy atom. The molecule has 0 radical (unpaired) electrons. The number of rotatable bonds is 8. The standard InChI is InChI=1S/C19H22N4O/c1-3-10-24-19-17(13-20-6-8-23-9-7-21-14-23)12-16-11-15(2)4-5-18(16)22-19/h3-5,7,9,11-12,14,20H,1,6,8,10,13H2,2H3. The predicted octanol–water partition coefficient (Wildman–Crippen LogP) is 3.09. The van der Waals surface area contributed by atoms with E-state index in [1.54, 1.807) is 12.3 Å². The summed E-state index contributed by atoms with van der Waals surface area (Å²) in [6, 6.07) is 8.39. The molecule has 0 aliphatic carbocycles. The minimum atomic E-state index is 0.451. The fourth-order valence-corrected chi connectivity index (χ4v) is 2.56. The Balaban J connectivity index is 1.74. The van der Waals surface area contributed by atoms with Crippen molar-refractivity contribution in [1.29, 1.82) is 0 Å². The molecule has 0 saturated carbocycles. The van der Waals surface area contributed by atoms with Crippen molar-refractivity contribution in [2.45, 2.75) is 20.0 Å². The second-order valence-corrected chi connectivity index (χ2v) is 5.73. The number of nitrogens with zero attached hydrogens (tertiary/aromatic N) is 3. The average Bonchev–Trinajstić information content (AvgIpc) is 3.10. The van der Waals surface area contributed by atoms with Gasteiger partial charge in [-0.2, -0.15) is 0 Å². The molecule has 3 aromatic rings. The van der Waals surface area contributed by atoms with Gasteiger partial charge in [0.05, 0.1) is 11.8 Å². The van der Waals surface area contributed by atoms with Crippen LogP contribution >= 0.6 is 0 Å². The topological polar surface area (TPSA) is 52.0 Å². The molecule has 2 aromatic heterocycles. The Bertz CT molecular complexity index is 812. The fraction of sp³-hybridized carbons (Fsp3) is 0.263. The van der Waals surface area contributed by atoms with E-state index in [0.29, 0.717) is 19.0 Å². The van der Waals surface area contributed by atoms with Crippen LogP contribution < -0.4 is 10.1 Å². The zero-order valence-corrected chi connectivity index (χ0v) is 13.9. The number of pyridine rings is 1. The third-order valence-electron chi connectivity index (χ3n) is 3.77. The van der Waals surface area contributed by atoms with E-state index in [-0.39, 0.29) is 0 Å². The van der Waals surface area contributed by atoms with Gasteiger partial charge < -0.3 is 14.6 Å². The molecule has 0 atom stereocenters. The molecule has 0 aliphatic rings. The quantitative estimate of drug-likeness (QED) is 0.511. The highest BCUT2D eigenvalue weighted by molar-refractivity contribution is 5.80. The molecule has 2 heterocycles. The number of benzene rings is 1. The first-order valence-corrected chi connectivity index (χ1v) is 8.06. The summed E-state index contributed by atoms with van der Waals surface area (Å²) in [5.41, 5.74) is 3.23. The van der Waals surface area contributed by atoms with Gasteiger partial charge in [0.15, 0.2) is 0 Å². The van der Waals surface area contributed by atoms with Gasteiger partial charge in [-0.1, -0.05) is 24.3 Å². The van der Waals surface area contributed by atoms with Crippen LogP contribution in [0.3, 0.4) is 0 Å². The fourth-order valence-electron chi connectivity index (χ4n) is 2.56. The molecule has 0 bridgehead atoms. The van der Waals surface area contributed by atoms with Crippen LogP contribution in [0, 0.1) is 6.92 Å². The molecule has 1 aromatic carbocycles. The van der Waals surface area contributed by atoms with Crippen LogP contribution in [0.25, 0.3) is 10.9 Å². The number of aryl methyl sites for hydroxylation is 1. The van der Waals surface area contributed by atoms with Crippen LogP contribution in [0.1, 0.15) is 11.1 Å².